The van der Waals surface area contributed by atoms with Crippen LogP contribution in [-0.4, -0.2) is 23.3 Å². The van der Waals surface area contributed by atoms with Crippen LogP contribution in [0.4, 0.5) is 18.9 Å². The molecule has 102 valence electrons. The average molecular weight is 310 g/mol. The fourth-order valence-electron chi connectivity index (χ4n) is 1.69. The minimum Gasteiger partial charge on any atom is -0.273 e. The summed E-state index contributed by atoms with van der Waals surface area (Å²) in [5.41, 5.74) is -1.55. The molecule has 1 saturated heterocycles. The van der Waals surface area contributed by atoms with E-state index in [1.54, 1.807) is 0 Å². The highest BCUT2D eigenvalue weighted by Gasteiger charge is 2.39. The quantitative estimate of drug-likeness (QED) is 0.749. The number of benzene rings is 1. The molecule has 0 atom stereocenters. The van der Waals surface area contributed by atoms with Gasteiger partial charge >= 0.3 is 6.18 Å². The second kappa shape index (κ2) is 5.05. The maximum Gasteiger partial charge on any atom is 0.418 e. The molecule has 2 rings (SSSR count). The van der Waals surface area contributed by atoms with E-state index < -0.39 is 29.2 Å². The van der Waals surface area contributed by atoms with Crippen LogP contribution in [0.2, 0.25) is 5.02 Å². The molecule has 0 unspecified atom stereocenters. The van der Waals surface area contributed by atoms with Gasteiger partial charge in [0.05, 0.1) is 22.8 Å². The summed E-state index contributed by atoms with van der Waals surface area (Å²) in [6.07, 6.45) is -4.69. The van der Waals surface area contributed by atoms with E-state index in [1.165, 1.54) is 6.07 Å². The van der Waals surface area contributed by atoms with Crippen molar-refractivity contribution in [2.75, 3.05) is 16.4 Å². The summed E-state index contributed by atoms with van der Waals surface area (Å²) < 4.78 is 38.8. The molecule has 0 aliphatic carbocycles. The first kappa shape index (κ1) is 14.2. The highest BCUT2D eigenvalue weighted by atomic mass is 35.5. The van der Waals surface area contributed by atoms with Crippen molar-refractivity contribution in [3.63, 3.8) is 0 Å². The molecule has 8 heteroatoms. The lowest BCUT2D eigenvalue weighted by Gasteiger charge is -2.27. The number of carbonyl (C=O) groups is 2. The van der Waals surface area contributed by atoms with Gasteiger partial charge in [0.15, 0.2) is 0 Å². The number of amides is 2. The summed E-state index contributed by atoms with van der Waals surface area (Å²) in [4.78, 5) is 23.9. The summed E-state index contributed by atoms with van der Waals surface area (Å²) in [6.45, 7) is 0. The van der Waals surface area contributed by atoms with Crippen LogP contribution in [0, 0.1) is 0 Å². The Bertz CT molecular complexity index is 531. The normalized spacial score (nSPS) is 16.9. The molecule has 1 aromatic rings. The zero-order valence-electron chi connectivity index (χ0n) is 9.33. The van der Waals surface area contributed by atoms with Crippen molar-refractivity contribution in [2.24, 2.45) is 0 Å². The number of imide groups is 1. The molecule has 2 amide bonds. The molecule has 1 aliphatic heterocycles. The highest BCUT2D eigenvalue weighted by molar-refractivity contribution is 8.00. The van der Waals surface area contributed by atoms with E-state index in [4.69, 9.17) is 11.6 Å². The van der Waals surface area contributed by atoms with Crippen molar-refractivity contribution >= 4 is 40.9 Å². The second-order valence-electron chi connectivity index (χ2n) is 3.77. The molecule has 3 nitrogen and oxygen atoms in total. The third kappa shape index (κ3) is 2.87. The van der Waals surface area contributed by atoms with Gasteiger partial charge in [0.25, 0.3) is 0 Å². The van der Waals surface area contributed by atoms with Gasteiger partial charge in [-0.1, -0.05) is 11.6 Å². The van der Waals surface area contributed by atoms with Crippen molar-refractivity contribution < 1.29 is 22.8 Å². The van der Waals surface area contributed by atoms with E-state index >= 15 is 0 Å². The first-order valence-corrected chi connectivity index (χ1v) is 6.64. The Morgan fingerprint density at radius 2 is 1.74 bits per heavy atom. The molecule has 0 bridgehead atoms. The van der Waals surface area contributed by atoms with E-state index in [0.717, 1.165) is 17.8 Å². The number of nitrogens with zero attached hydrogens (tertiary/aromatic N) is 1. The summed E-state index contributed by atoms with van der Waals surface area (Å²) in [6, 6.07) is 2.96. The van der Waals surface area contributed by atoms with Crippen molar-refractivity contribution in [1.82, 2.24) is 0 Å². The molecule has 0 saturated carbocycles. The Balaban J connectivity index is 2.55. The average Bonchev–Trinajstić information content (AvgIpc) is 2.29. The number of thioether (sulfide) groups is 1. The van der Waals surface area contributed by atoms with E-state index in [2.05, 4.69) is 0 Å². The van der Waals surface area contributed by atoms with Crippen LogP contribution < -0.4 is 4.90 Å². The zero-order chi connectivity index (χ0) is 14.2. The lowest BCUT2D eigenvalue weighted by atomic mass is 10.1. The van der Waals surface area contributed by atoms with Crippen molar-refractivity contribution in [2.45, 2.75) is 6.18 Å². The Labute approximate surface area is 115 Å². The monoisotopic (exact) mass is 309 g/mol. The number of rotatable bonds is 1. The third-order valence-electron chi connectivity index (χ3n) is 2.45. The lowest BCUT2D eigenvalue weighted by Crippen LogP contribution is -2.44. The Morgan fingerprint density at radius 3 is 2.26 bits per heavy atom. The molecular formula is C11H7ClF3NO2S. The maximum atomic E-state index is 12.9. The fraction of sp³-hybridized carbons (Fsp3) is 0.273. The molecule has 0 spiro atoms. The third-order valence-corrected chi connectivity index (χ3v) is 3.59. The van der Waals surface area contributed by atoms with Gasteiger partial charge in [-0.3, -0.25) is 9.59 Å². The molecule has 1 heterocycles. The smallest absolute Gasteiger partial charge is 0.273 e. The van der Waals surface area contributed by atoms with Gasteiger partial charge in [-0.2, -0.15) is 13.2 Å². The molecule has 1 aromatic carbocycles. The van der Waals surface area contributed by atoms with E-state index in [-0.39, 0.29) is 16.5 Å². The predicted molar refractivity (Wildman–Crippen MR) is 66.3 cm³/mol. The summed E-state index contributed by atoms with van der Waals surface area (Å²) in [5.74, 6) is -1.36. The van der Waals surface area contributed by atoms with Crippen LogP contribution in [0.5, 0.6) is 0 Å². The van der Waals surface area contributed by atoms with Crippen LogP contribution in [0.3, 0.4) is 0 Å². The van der Waals surface area contributed by atoms with Gasteiger partial charge in [-0.15, -0.1) is 11.8 Å². The largest absolute Gasteiger partial charge is 0.418 e. The molecular weight excluding hydrogens is 303 g/mol. The van der Waals surface area contributed by atoms with Gasteiger partial charge < -0.3 is 0 Å². The zero-order valence-corrected chi connectivity index (χ0v) is 10.9. The maximum absolute atomic E-state index is 12.9. The lowest BCUT2D eigenvalue weighted by molar-refractivity contribution is -0.137. The Kier molecular flexibility index (Phi) is 3.78. The molecule has 1 fully saturated rings. The highest BCUT2D eigenvalue weighted by Crippen LogP contribution is 2.39. The minimum absolute atomic E-state index is 0.0222. The number of alkyl halides is 3. The minimum atomic E-state index is -4.69. The summed E-state index contributed by atoms with van der Waals surface area (Å²) in [5, 5.41) is -0.109. The second-order valence-corrected chi connectivity index (χ2v) is 5.20. The van der Waals surface area contributed by atoms with Gasteiger partial charge in [-0.05, 0) is 18.2 Å². The van der Waals surface area contributed by atoms with Crippen LogP contribution in [-0.2, 0) is 15.8 Å². The van der Waals surface area contributed by atoms with Crippen LogP contribution in [0.25, 0.3) is 0 Å². The van der Waals surface area contributed by atoms with Gasteiger partial charge in [-0.25, -0.2) is 4.90 Å². The standard InChI is InChI=1S/C11H7ClF3NO2S/c12-6-1-2-8(7(3-6)11(13,14)15)16-9(17)4-19-5-10(16)18/h1-3H,4-5H2. The number of carbonyl (C=O) groups excluding carboxylic acids is 2. The topological polar surface area (TPSA) is 37.4 Å². The van der Waals surface area contributed by atoms with E-state index in [0.29, 0.717) is 11.0 Å². The SMILES string of the molecule is O=C1CSCC(=O)N1c1ccc(Cl)cc1C(F)(F)F. The molecule has 19 heavy (non-hydrogen) atoms. The molecule has 0 aromatic heterocycles. The van der Waals surface area contributed by atoms with Crippen LogP contribution in [0.15, 0.2) is 18.2 Å². The van der Waals surface area contributed by atoms with Gasteiger partial charge in [0.1, 0.15) is 0 Å². The van der Waals surface area contributed by atoms with E-state index in [9.17, 15) is 22.8 Å². The number of anilines is 1. The molecule has 0 radical (unpaired) electrons. The summed E-state index contributed by atoms with van der Waals surface area (Å²) >= 11 is 6.62. The Hall–Kier alpha value is -1.21. The first-order valence-electron chi connectivity index (χ1n) is 5.11. The van der Waals surface area contributed by atoms with Crippen molar-refractivity contribution in [3.8, 4) is 0 Å². The van der Waals surface area contributed by atoms with Crippen molar-refractivity contribution in [3.05, 3.63) is 28.8 Å². The van der Waals surface area contributed by atoms with Crippen LogP contribution >= 0.6 is 23.4 Å². The van der Waals surface area contributed by atoms with Crippen LogP contribution in [0.1, 0.15) is 5.56 Å². The summed E-state index contributed by atoms with van der Waals surface area (Å²) in [7, 11) is 0. The number of hydrogen-bond donors (Lipinski definition) is 0. The van der Waals surface area contributed by atoms with E-state index in [1.807, 2.05) is 0 Å². The van der Waals surface area contributed by atoms with Gasteiger partial charge in [0, 0.05) is 5.02 Å². The van der Waals surface area contributed by atoms with Gasteiger partial charge in [0.2, 0.25) is 11.8 Å². The first-order chi connectivity index (χ1) is 8.80. The van der Waals surface area contributed by atoms with Crippen molar-refractivity contribution in [1.29, 1.82) is 0 Å². The molecule has 0 N–H and O–H groups in total. The predicted octanol–water partition coefficient (Wildman–Crippen LogP) is 2.97. The Morgan fingerprint density at radius 1 is 1.16 bits per heavy atom. The number of hydrogen-bond acceptors (Lipinski definition) is 3. The fourth-order valence-corrected chi connectivity index (χ4v) is 2.57. The molecule has 1 aliphatic rings. The number of halogens is 4.